The second-order valence-electron chi connectivity index (χ2n) is 5.34. The molecule has 0 saturated heterocycles. The highest BCUT2D eigenvalue weighted by molar-refractivity contribution is 7.08. The number of nitrogens with one attached hydrogen (secondary N) is 1. The van der Waals surface area contributed by atoms with Gasteiger partial charge in [0.25, 0.3) is 0 Å². The second kappa shape index (κ2) is 7.92. The predicted octanol–water partition coefficient (Wildman–Crippen LogP) is 2.87. The SMILES string of the molecule is CCCC(CNC(=O)Cc1nc(-c2ccsc2)oc1C)C(=O)O. The highest BCUT2D eigenvalue weighted by atomic mass is 32.1. The molecule has 2 rings (SSSR count). The van der Waals surface area contributed by atoms with Crippen LogP contribution in [-0.2, 0) is 16.0 Å². The van der Waals surface area contributed by atoms with Gasteiger partial charge >= 0.3 is 5.97 Å². The fourth-order valence-corrected chi connectivity index (χ4v) is 2.84. The summed E-state index contributed by atoms with van der Waals surface area (Å²) in [7, 11) is 0. The van der Waals surface area contributed by atoms with Gasteiger partial charge in [0, 0.05) is 17.5 Å². The van der Waals surface area contributed by atoms with Crippen molar-refractivity contribution in [3.8, 4) is 11.5 Å². The van der Waals surface area contributed by atoms with Gasteiger partial charge in [-0.25, -0.2) is 4.98 Å². The van der Waals surface area contributed by atoms with Gasteiger partial charge in [-0.3, -0.25) is 9.59 Å². The maximum Gasteiger partial charge on any atom is 0.308 e. The minimum absolute atomic E-state index is 0.0813. The molecule has 6 nitrogen and oxygen atoms in total. The topological polar surface area (TPSA) is 92.4 Å². The lowest BCUT2D eigenvalue weighted by Gasteiger charge is -2.11. The van der Waals surface area contributed by atoms with Crippen LogP contribution in [0, 0.1) is 12.8 Å². The smallest absolute Gasteiger partial charge is 0.308 e. The van der Waals surface area contributed by atoms with Gasteiger partial charge in [-0.2, -0.15) is 11.3 Å². The summed E-state index contributed by atoms with van der Waals surface area (Å²) in [5.74, 6) is -0.584. The molecule has 0 bridgehead atoms. The van der Waals surface area contributed by atoms with E-state index in [2.05, 4.69) is 10.3 Å². The number of carbonyl (C=O) groups excluding carboxylic acids is 1. The number of thiophene rings is 1. The Morgan fingerprint density at radius 2 is 2.26 bits per heavy atom. The first-order valence-corrected chi connectivity index (χ1v) is 8.44. The van der Waals surface area contributed by atoms with Gasteiger partial charge in [0.05, 0.1) is 18.0 Å². The zero-order valence-corrected chi connectivity index (χ0v) is 14.0. The number of amides is 1. The van der Waals surface area contributed by atoms with Gasteiger partial charge in [0.2, 0.25) is 11.8 Å². The lowest BCUT2D eigenvalue weighted by atomic mass is 10.0. The minimum atomic E-state index is -0.885. The van der Waals surface area contributed by atoms with Crippen molar-refractivity contribution in [2.24, 2.45) is 5.92 Å². The Labute approximate surface area is 138 Å². The number of aliphatic carboxylic acids is 1. The summed E-state index contributed by atoms with van der Waals surface area (Å²) in [6, 6.07) is 1.90. The molecule has 1 amide bonds. The van der Waals surface area contributed by atoms with Crippen LogP contribution in [0.15, 0.2) is 21.2 Å². The van der Waals surface area contributed by atoms with Gasteiger partial charge < -0.3 is 14.8 Å². The normalized spacial score (nSPS) is 12.1. The average molecular weight is 336 g/mol. The van der Waals surface area contributed by atoms with Crippen molar-refractivity contribution in [1.82, 2.24) is 10.3 Å². The zero-order valence-electron chi connectivity index (χ0n) is 13.2. The van der Waals surface area contributed by atoms with Crippen molar-refractivity contribution in [3.05, 3.63) is 28.3 Å². The van der Waals surface area contributed by atoms with Crippen molar-refractivity contribution in [2.75, 3.05) is 6.54 Å². The maximum absolute atomic E-state index is 12.0. The Morgan fingerprint density at radius 3 is 2.87 bits per heavy atom. The van der Waals surface area contributed by atoms with E-state index in [1.54, 1.807) is 18.3 Å². The molecule has 0 spiro atoms. The first-order valence-electron chi connectivity index (χ1n) is 7.49. The Hall–Kier alpha value is -2.15. The van der Waals surface area contributed by atoms with Crippen molar-refractivity contribution in [3.63, 3.8) is 0 Å². The molecule has 2 aromatic heterocycles. The molecule has 0 aliphatic carbocycles. The highest BCUT2D eigenvalue weighted by Gasteiger charge is 2.19. The van der Waals surface area contributed by atoms with E-state index in [0.29, 0.717) is 23.8 Å². The zero-order chi connectivity index (χ0) is 16.8. The molecule has 1 unspecified atom stereocenters. The van der Waals surface area contributed by atoms with Crippen molar-refractivity contribution in [1.29, 1.82) is 0 Å². The molecule has 0 radical (unpaired) electrons. The van der Waals surface area contributed by atoms with Crippen molar-refractivity contribution >= 4 is 23.2 Å². The van der Waals surface area contributed by atoms with E-state index in [1.165, 1.54) is 0 Å². The van der Waals surface area contributed by atoms with Gasteiger partial charge in [-0.05, 0) is 24.8 Å². The van der Waals surface area contributed by atoms with Gasteiger partial charge in [-0.15, -0.1) is 0 Å². The molecular formula is C16H20N2O4S. The summed E-state index contributed by atoms with van der Waals surface area (Å²) >= 11 is 1.55. The molecule has 7 heteroatoms. The lowest BCUT2D eigenvalue weighted by molar-refractivity contribution is -0.141. The largest absolute Gasteiger partial charge is 0.481 e. The molecule has 1 atom stereocenters. The molecule has 2 aromatic rings. The Bertz CT molecular complexity index is 664. The third kappa shape index (κ3) is 4.66. The first kappa shape index (κ1) is 17.2. The molecule has 0 aliphatic rings. The van der Waals surface area contributed by atoms with Crippen LogP contribution in [0.1, 0.15) is 31.2 Å². The molecule has 23 heavy (non-hydrogen) atoms. The van der Waals surface area contributed by atoms with Crippen LogP contribution in [0.5, 0.6) is 0 Å². The van der Waals surface area contributed by atoms with Crippen molar-refractivity contribution < 1.29 is 19.1 Å². The molecule has 0 fully saturated rings. The molecule has 0 saturated carbocycles. The number of aromatic nitrogens is 1. The molecule has 124 valence electrons. The van der Waals surface area contributed by atoms with Crippen LogP contribution in [-0.4, -0.2) is 28.5 Å². The first-order chi connectivity index (χ1) is 11.0. The van der Waals surface area contributed by atoms with E-state index in [0.717, 1.165) is 12.0 Å². The Morgan fingerprint density at radius 1 is 1.48 bits per heavy atom. The molecule has 2 N–H and O–H groups in total. The Kier molecular flexibility index (Phi) is 5.92. The number of hydrogen-bond acceptors (Lipinski definition) is 5. The lowest BCUT2D eigenvalue weighted by Crippen LogP contribution is -2.34. The second-order valence-corrected chi connectivity index (χ2v) is 6.12. The summed E-state index contributed by atoms with van der Waals surface area (Å²) in [5, 5.41) is 15.6. The van der Waals surface area contributed by atoms with E-state index in [4.69, 9.17) is 9.52 Å². The fraction of sp³-hybridized carbons (Fsp3) is 0.438. The van der Waals surface area contributed by atoms with Crippen LogP contribution < -0.4 is 5.32 Å². The number of carboxylic acids is 1. The fourth-order valence-electron chi connectivity index (χ4n) is 2.21. The highest BCUT2D eigenvalue weighted by Crippen LogP contribution is 2.24. The number of carboxylic acid groups (broad SMARTS) is 1. The standard InChI is InChI=1S/C16H20N2O4S/c1-3-4-11(16(20)21)8-17-14(19)7-13-10(2)22-15(18-13)12-5-6-23-9-12/h5-6,9,11H,3-4,7-8H2,1-2H3,(H,17,19)(H,20,21). The number of aryl methyl sites for hydroxylation is 1. The minimum Gasteiger partial charge on any atom is -0.481 e. The summed E-state index contributed by atoms with van der Waals surface area (Å²) in [6.45, 7) is 3.82. The number of oxazole rings is 1. The maximum atomic E-state index is 12.0. The van der Waals surface area contributed by atoms with Crippen LogP contribution >= 0.6 is 11.3 Å². The van der Waals surface area contributed by atoms with Gasteiger partial charge in [0.15, 0.2) is 0 Å². The summed E-state index contributed by atoms with van der Waals surface area (Å²) in [4.78, 5) is 27.4. The van der Waals surface area contributed by atoms with Gasteiger partial charge in [0.1, 0.15) is 5.76 Å². The number of carbonyl (C=O) groups is 2. The van der Waals surface area contributed by atoms with Gasteiger partial charge in [-0.1, -0.05) is 13.3 Å². The number of nitrogens with zero attached hydrogens (tertiary/aromatic N) is 1. The Balaban J connectivity index is 1.94. The molecule has 0 aliphatic heterocycles. The predicted molar refractivity (Wildman–Crippen MR) is 87.3 cm³/mol. The summed E-state index contributed by atoms with van der Waals surface area (Å²) in [5.41, 5.74) is 1.46. The van der Waals surface area contributed by atoms with E-state index < -0.39 is 11.9 Å². The average Bonchev–Trinajstić information content (AvgIpc) is 3.13. The summed E-state index contributed by atoms with van der Waals surface area (Å²) < 4.78 is 5.58. The number of hydrogen-bond donors (Lipinski definition) is 2. The summed E-state index contributed by atoms with van der Waals surface area (Å²) in [6.07, 6.45) is 1.39. The quantitative estimate of drug-likeness (QED) is 0.773. The van der Waals surface area contributed by atoms with Crippen LogP contribution in [0.25, 0.3) is 11.5 Å². The van der Waals surface area contributed by atoms with E-state index in [9.17, 15) is 9.59 Å². The third-order valence-electron chi connectivity index (χ3n) is 3.52. The van der Waals surface area contributed by atoms with Crippen LogP contribution in [0.2, 0.25) is 0 Å². The van der Waals surface area contributed by atoms with Crippen LogP contribution in [0.3, 0.4) is 0 Å². The molecule has 2 heterocycles. The third-order valence-corrected chi connectivity index (χ3v) is 4.20. The van der Waals surface area contributed by atoms with Crippen LogP contribution in [0.4, 0.5) is 0 Å². The van der Waals surface area contributed by atoms with Crippen molar-refractivity contribution in [2.45, 2.75) is 33.1 Å². The molecular weight excluding hydrogens is 316 g/mol. The van der Waals surface area contributed by atoms with E-state index in [-0.39, 0.29) is 18.9 Å². The molecule has 0 aromatic carbocycles. The van der Waals surface area contributed by atoms with E-state index >= 15 is 0 Å². The number of rotatable bonds is 8. The monoisotopic (exact) mass is 336 g/mol. The van der Waals surface area contributed by atoms with E-state index in [1.807, 2.05) is 23.8 Å².